The summed E-state index contributed by atoms with van der Waals surface area (Å²) in [5.74, 6) is 1.11. The van der Waals surface area contributed by atoms with E-state index in [2.05, 4.69) is 18.8 Å². The SMILES string of the molecule is COc1ccc(C(C)(C)c2cncn2-c2ccc(F)cc2)cc1OC. The second-order valence-electron chi connectivity index (χ2n) is 6.32. The van der Waals surface area contributed by atoms with Gasteiger partial charge in [-0.05, 0) is 42.0 Å². The molecule has 5 heteroatoms. The molecule has 0 aliphatic rings. The van der Waals surface area contributed by atoms with Crippen LogP contribution < -0.4 is 9.47 Å². The molecule has 0 saturated carbocycles. The molecule has 0 aliphatic heterocycles. The Morgan fingerprint density at radius 3 is 2.28 bits per heavy atom. The maximum Gasteiger partial charge on any atom is 0.161 e. The number of methoxy groups -OCH3 is 2. The number of imidazole rings is 1. The lowest BCUT2D eigenvalue weighted by molar-refractivity contribution is 0.353. The third-order valence-electron chi connectivity index (χ3n) is 4.49. The molecule has 0 atom stereocenters. The minimum atomic E-state index is -0.343. The lowest BCUT2D eigenvalue weighted by Gasteiger charge is -2.27. The lowest BCUT2D eigenvalue weighted by atomic mass is 9.81. The summed E-state index contributed by atoms with van der Waals surface area (Å²) in [5, 5.41) is 0. The van der Waals surface area contributed by atoms with Gasteiger partial charge in [-0.15, -0.1) is 0 Å². The quantitative estimate of drug-likeness (QED) is 0.693. The van der Waals surface area contributed by atoms with Crippen LogP contribution in [0.3, 0.4) is 0 Å². The fraction of sp³-hybridized carbons (Fsp3) is 0.250. The highest BCUT2D eigenvalue weighted by Crippen LogP contribution is 2.37. The molecular weight excluding hydrogens is 319 g/mol. The Bertz CT molecular complexity index is 870. The Kier molecular flexibility index (Phi) is 4.49. The molecule has 1 heterocycles. The highest BCUT2D eigenvalue weighted by Gasteiger charge is 2.28. The van der Waals surface area contributed by atoms with E-state index in [0.29, 0.717) is 11.5 Å². The van der Waals surface area contributed by atoms with Gasteiger partial charge in [-0.25, -0.2) is 9.37 Å². The molecule has 0 aliphatic carbocycles. The van der Waals surface area contributed by atoms with Crippen molar-refractivity contribution in [3.63, 3.8) is 0 Å². The van der Waals surface area contributed by atoms with Crippen LogP contribution in [-0.4, -0.2) is 23.8 Å². The monoisotopic (exact) mass is 340 g/mol. The molecule has 0 fully saturated rings. The normalized spacial score (nSPS) is 11.4. The summed E-state index contributed by atoms with van der Waals surface area (Å²) in [4.78, 5) is 4.30. The largest absolute Gasteiger partial charge is 0.493 e. The van der Waals surface area contributed by atoms with Crippen molar-refractivity contribution in [3.8, 4) is 17.2 Å². The third kappa shape index (κ3) is 3.09. The van der Waals surface area contributed by atoms with Crippen molar-refractivity contribution in [1.82, 2.24) is 9.55 Å². The van der Waals surface area contributed by atoms with E-state index in [1.807, 2.05) is 29.0 Å². The predicted octanol–water partition coefficient (Wildman–Crippen LogP) is 4.35. The van der Waals surface area contributed by atoms with E-state index >= 15 is 0 Å². The molecule has 0 spiro atoms. The highest BCUT2D eigenvalue weighted by molar-refractivity contribution is 5.48. The fourth-order valence-corrected chi connectivity index (χ4v) is 2.94. The first kappa shape index (κ1) is 17.0. The number of benzene rings is 2. The molecule has 4 nitrogen and oxygen atoms in total. The molecule has 0 unspecified atom stereocenters. The number of rotatable bonds is 5. The third-order valence-corrected chi connectivity index (χ3v) is 4.49. The summed E-state index contributed by atoms with van der Waals surface area (Å²) >= 11 is 0. The van der Waals surface area contributed by atoms with Gasteiger partial charge in [0, 0.05) is 17.3 Å². The minimum Gasteiger partial charge on any atom is -0.493 e. The molecule has 2 aromatic carbocycles. The van der Waals surface area contributed by atoms with E-state index < -0.39 is 0 Å². The van der Waals surface area contributed by atoms with E-state index in [1.54, 1.807) is 32.7 Å². The zero-order valence-electron chi connectivity index (χ0n) is 14.8. The predicted molar refractivity (Wildman–Crippen MR) is 95.2 cm³/mol. The van der Waals surface area contributed by atoms with Gasteiger partial charge >= 0.3 is 0 Å². The number of halogens is 1. The van der Waals surface area contributed by atoms with Crippen LogP contribution in [0.4, 0.5) is 4.39 Å². The summed E-state index contributed by atoms with van der Waals surface area (Å²) in [6, 6.07) is 12.3. The molecule has 0 saturated heterocycles. The van der Waals surface area contributed by atoms with Crippen LogP contribution in [0, 0.1) is 5.82 Å². The number of hydrogen-bond donors (Lipinski definition) is 0. The number of aromatic nitrogens is 2. The fourth-order valence-electron chi connectivity index (χ4n) is 2.94. The van der Waals surface area contributed by atoms with Crippen LogP contribution in [0.2, 0.25) is 0 Å². The van der Waals surface area contributed by atoms with Crippen molar-refractivity contribution >= 4 is 0 Å². The molecule has 0 bridgehead atoms. The standard InChI is InChI=1S/C20H21FN2O2/c1-20(2,14-5-10-17(24-3)18(11-14)25-4)19-12-22-13-23(19)16-8-6-15(21)7-9-16/h5-13H,1-4H3. The van der Waals surface area contributed by atoms with Crippen molar-refractivity contribution in [2.24, 2.45) is 0 Å². The highest BCUT2D eigenvalue weighted by atomic mass is 19.1. The van der Waals surface area contributed by atoms with Crippen LogP contribution in [-0.2, 0) is 5.41 Å². The average Bonchev–Trinajstić information content (AvgIpc) is 3.12. The zero-order valence-corrected chi connectivity index (χ0v) is 14.8. The molecule has 25 heavy (non-hydrogen) atoms. The van der Waals surface area contributed by atoms with Crippen molar-refractivity contribution in [2.75, 3.05) is 14.2 Å². The molecule has 3 rings (SSSR count). The van der Waals surface area contributed by atoms with Crippen LogP contribution in [0.5, 0.6) is 11.5 Å². The Morgan fingerprint density at radius 1 is 0.960 bits per heavy atom. The van der Waals surface area contributed by atoms with Gasteiger partial charge in [0.1, 0.15) is 5.82 Å². The molecule has 0 amide bonds. The summed E-state index contributed by atoms with van der Waals surface area (Å²) < 4.78 is 25.9. The first-order chi connectivity index (χ1) is 12.0. The summed E-state index contributed by atoms with van der Waals surface area (Å²) in [6.07, 6.45) is 3.57. The Labute approximate surface area is 146 Å². The molecule has 0 radical (unpaired) electrons. The van der Waals surface area contributed by atoms with Gasteiger partial charge in [-0.1, -0.05) is 19.9 Å². The van der Waals surface area contributed by atoms with Gasteiger partial charge in [0.05, 0.1) is 26.2 Å². The first-order valence-corrected chi connectivity index (χ1v) is 7.98. The summed E-state index contributed by atoms with van der Waals surface area (Å²) in [7, 11) is 3.24. The maximum absolute atomic E-state index is 13.2. The van der Waals surface area contributed by atoms with E-state index in [0.717, 1.165) is 16.9 Å². The van der Waals surface area contributed by atoms with Gasteiger partial charge < -0.3 is 14.0 Å². The number of hydrogen-bond acceptors (Lipinski definition) is 3. The Hall–Kier alpha value is -2.82. The van der Waals surface area contributed by atoms with Crippen LogP contribution in [0.25, 0.3) is 5.69 Å². The van der Waals surface area contributed by atoms with Crippen molar-refractivity contribution < 1.29 is 13.9 Å². The van der Waals surface area contributed by atoms with Crippen molar-refractivity contribution in [1.29, 1.82) is 0 Å². The maximum atomic E-state index is 13.2. The molecular formula is C20H21FN2O2. The zero-order chi connectivity index (χ0) is 18.0. The smallest absolute Gasteiger partial charge is 0.161 e. The van der Waals surface area contributed by atoms with E-state index in [9.17, 15) is 4.39 Å². The van der Waals surface area contributed by atoms with Crippen LogP contribution in [0.1, 0.15) is 25.1 Å². The topological polar surface area (TPSA) is 36.3 Å². The number of nitrogens with zero attached hydrogens (tertiary/aromatic N) is 2. The van der Waals surface area contributed by atoms with Crippen LogP contribution in [0.15, 0.2) is 55.0 Å². The molecule has 130 valence electrons. The lowest BCUT2D eigenvalue weighted by Crippen LogP contribution is -2.22. The Balaban J connectivity index is 2.07. The average molecular weight is 340 g/mol. The minimum absolute atomic E-state index is 0.260. The van der Waals surface area contributed by atoms with Crippen molar-refractivity contribution in [3.05, 3.63) is 72.1 Å². The van der Waals surface area contributed by atoms with Gasteiger partial charge in [-0.2, -0.15) is 0 Å². The van der Waals surface area contributed by atoms with E-state index in [-0.39, 0.29) is 11.2 Å². The first-order valence-electron chi connectivity index (χ1n) is 7.98. The van der Waals surface area contributed by atoms with E-state index in [4.69, 9.17) is 9.47 Å². The molecule has 1 aromatic heterocycles. The molecule has 3 aromatic rings. The van der Waals surface area contributed by atoms with Gasteiger partial charge in [-0.3, -0.25) is 0 Å². The van der Waals surface area contributed by atoms with Gasteiger partial charge in [0.2, 0.25) is 0 Å². The Morgan fingerprint density at radius 2 is 1.64 bits per heavy atom. The number of ether oxygens (including phenoxy) is 2. The van der Waals surface area contributed by atoms with Gasteiger partial charge in [0.25, 0.3) is 0 Å². The second kappa shape index (κ2) is 6.59. The summed E-state index contributed by atoms with van der Waals surface area (Å²) in [5.41, 5.74) is 2.58. The second-order valence-corrected chi connectivity index (χ2v) is 6.32. The van der Waals surface area contributed by atoms with Gasteiger partial charge in [0.15, 0.2) is 11.5 Å². The van der Waals surface area contributed by atoms with Crippen LogP contribution >= 0.6 is 0 Å². The van der Waals surface area contributed by atoms with E-state index in [1.165, 1.54) is 12.1 Å². The van der Waals surface area contributed by atoms with Crippen molar-refractivity contribution in [2.45, 2.75) is 19.3 Å². The summed E-state index contributed by atoms with van der Waals surface area (Å²) in [6.45, 7) is 4.23. The molecule has 0 N–H and O–H groups in total.